The van der Waals surface area contributed by atoms with Gasteiger partial charge in [0.2, 0.25) is 0 Å². The van der Waals surface area contributed by atoms with Gasteiger partial charge in [-0.25, -0.2) is 8.78 Å². The molecule has 1 aromatic rings. The molecule has 1 N–H and O–H groups in total. The van der Waals surface area contributed by atoms with Crippen molar-refractivity contribution < 1.29 is 37.8 Å². The number of carbonyl (C=O) groups excluding carboxylic acids is 4. The Kier molecular flexibility index (Phi) is 5.36. The number of nitrogens with zero attached hydrogens (tertiary/aromatic N) is 1. The lowest BCUT2D eigenvalue weighted by molar-refractivity contribution is -0.301. The first kappa shape index (κ1) is 19.8. The first-order chi connectivity index (χ1) is 13.2. The van der Waals surface area contributed by atoms with Gasteiger partial charge in [-0.1, -0.05) is 0 Å². The number of nitrogens with one attached hydrogen (secondary N) is 1. The van der Waals surface area contributed by atoms with Crippen LogP contribution in [0.1, 0.15) is 17.3 Å². The molecule has 2 aliphatic rings. The van der Waals surface area contributed by atoms with Crippen LogP contribution in [-0.2, 0) is 19.1 Å². The number of hydrogen-bond donors (Lipinski definition) is 1. The third-order valence-corrected chi connectivity index (χ3v) is 5.49. The van der Waals surface area contributed by atoms with E-state index in [1.807, 2.05) is 0 Å². The molecule has 8 nitrogen and oxygen atoms in total. The van der Waals surface area contributed by atoms with E-state index in [0.717, 1.165) is 35.7 Å². The Morgan fingerprint density at radius 3 is 2.68 bits per heavy atom. The van der Waals surface area contributed by atoms with E-state index >= 15 is 0 Å². The summed E-state index contributed by atoms with van der Waals surface area (Å²) in [6.45, 7) is 0.854. The molecule has 0 spiro atoms. The van der Waals surface area contributed by atoms with Crippen molar-refractivity contribution >= 4 is 35.5 Å². The monoisotopic (exact) mass is 411 g/mol. The van der Waals surface area contributed by atoms with Crippen molar-refractivity contribution in [1.29, 1.82) is 0 Å². The van der Waals surface area contributed by atoms with Gasteiger partial charge < -0.3 is 20.0 Å². The fourth-order valence-electron chi connectivity index (χ4n) is 2.86. The number of amides is 2. The average Bonchev–Trinajstić information content (AvgIpc) is 2.63. The molecular weight excluding hydrogens is 398 g/mol. The minimum atomic E-state index is -1.62. The predicted octanol–water partition coefficient (Wildman–Crippen LogP) is -0.455. The van der Waals surface area contributed by atoms with Crippen molar-refractivity contribution in [3.8, 4) is 0 Å². The van der Waals surface area contributed by atoms with Crippen molar-refractivity contribution in [2.45, 2.75) is 18.3 Å². The Balaban J connectivity index is 1.77. The molecule has 0 aromatic heterocycles. The highest BCUT2D eigenvalue weighted by Crippen LogP contribution is 2.40. The number of carboxylic acid groups (broad SMARTS) is 1. The number of carbonyl (C=O) groups is 4. The second kappa shape index (κ2) is 7.58. The summed E-state index contributed by atoms with van der Waals surface area (Å²) in [6.07, 6.45) is 0. The number of benzene rings is 1. The molecule has 0 bridgehead atoms. The minimum absolute atomic E-state index is 0.127. The van der Waals surface area contributed by atoms with Crippen LogP contribution in [0.3, 0.4) is 0 Å². The molecule has 2 heterocycles. The number of β-lactam (4-membered cyclic amide) rings is 1. The van der Waals surface area contributed by atoms with Gasteiger partial charge in [-0.15, -0.1) is 11.8 Å². The molecule has 1 saturated heterocycles. The highest BCUT2D eigenvalue weighted by molar-refractivity contribution is 8.00. The lowest BCUT2D eigenvalue weighted by Crippen LogP contribution is -2.71. The second-order valence-electron chi connectivity index (χ2n) is 6.00. The number of hydrogen-bond acceptors (Lipinski definition) is 7. The van der Waals surface area contributed by atoms with E-state index in [2.05, 4.69) is 5.32 Å². The zero-order chi connectivity index (χ0) is 20.6. The van der Waals surface area contributed by atoms with Crippen LogP contribution in [0.4, 0.5) is 8.78 Å². The van der Waals surface area contributed by atoms with Crippen molar-refractivity contribution in [3.05, 3.63) is 46.7 Å². The van der Waals surface area contributed by atoms with Crippen LogP contribution in [0.2, 0.25) is 0 Å². The van der Waals surface area contributed by atoms with Crippen molar-refractivity contribution in [3.63, 3.8) is 0 Å². The summed E-state index contributed by atoms with van der Waals surface area (Å²) in [5.41, 5.74) is -0.660. The Morgan fingerprint density at radius 1 is 1.36 bits per heavy atom. The molecule has 28 heavy (non-hydrogen) atoms. The van der Waals surface area contributed by atoms with E-state index in [1.54, 1.807) is 0 Å². The smallest absolute Gasteiger partial charge is 0.302 e. The number of fused-ring (bicyclic) bond motifs is 1. The number of rotatable bonds is 5. The van der Waals surface area contributed by atoms with Gasteiger partial charge in [0.15, 0.2) is 0 Å². The van der Waals surface area contributed by atoms with Crippen LogP contribution in [0.15, 0.2) is 29.5 Å². The first-order valence-electron chi connectivity index (χ1n) is 7.98. The standard InChI is InChI=1S/C17H14F2N2O6S/c1-7(22)27-5-8-6-28-16-12(15(24)21(16)13(8)17(25)26)20-14(23)10-3-2-9(18)4-11(10)19/h2-4,12,16H,5-6H2,1H3,(H,20,23)(H,25,26)/p-1/t12-,16-/m0/s1. The quantitative estimate of drug-likeness (QED) is 0.515. The Labute approximate surface area is 161 Å². The van der Waals surface area contributed by atoms with Gasteiger partial charge in [-0.05, 0) is 12.1 Å². The second-order valence-corrected chi connectivity index (χ2v) is 7.11. The largest absolute Gasteiger partial charge is 0.543 e. The molecule has 3 rings (SSSR count). The fraction of sp³-hybridized carbons (Fsp3) is 0.294. The lowest BCUT2D eigenvalue weighted by atomic mass is 10.0. The van der Waals surface area contributed by atoms with Gasteiger partial charge in [0.25, 0.3) is 11.8 Å². The van der Waals surface area contributed by atoms with Gasteiger partial charge >= 0.3 is 5.97 Å². The Morgan fingerprint density at radius 2 is 2.07 bits per heavy atom. The number of carboxylic acids is 1. The fourth-order valence-corrected chi connectivity index (χ4v) is 4.19. The molecule has 11 heteroatoms. The summed E-state index contributed by atoms with van der Waals surface area (Å²) in [7, 11) is 0. The molecular formula is C17H13F2N2O6S-. The van der Waals surface area contributed by atoms with Gasteiger partial charge in [0.1, 0.15) is 29.7 Å². The topological polar surface area (TPSA) is 116 Å². The van der Waals surface area contributed by atoms with E-state index < -0.39 is 58.1 Å². The Bertz CT molecular complexity index is 919. The van der Waals surface area contributed by atoms with Gasteiger partial charge in [-0.3, -0.25) is 19.3 Å². The van der Waals surface area contributed by atoms with Crippen molar-refractivity contribution in [1.82, 2.24) is 10.2 Å². The van der Waals surface area contributed by atoms with Crippen molar-refractivity contribution in [2.75, 3.05) is 12.4 Å². The molecule has 1 aromatic carbocycles. The highest BCUT2D eigenvalue weighted by Gasteiger charge is 2.53. The van der Waals surface area contributed by atoms with Crippen LogP contribution in [-0.4, -0.2) is 52.4 Å². The average molecular weight is 411 g/mol. The zero-order valence-corrected chi connectivity index (χ0v) is 15.2. The summed E-state index contributed by atoms with van der Waals surface area (Å²) >= 11 is 1.15. The Hall–Kier alpha value is -2.95. The molecule has 2 atom stereocenters. The predicted molar refractivity (Wildman–Crippen MR) is 89.4 cm³/mol. The lowest BCUT2D eigenvalue weighted by Gasteiger charge is -2.50. The first-order valence-corrected chi connectivity index (χ1v) is 9.03. The summed E-state index contributed by atoms with van der Waals surface area (Å²) in [5, 5.41) is 13.1. The molecule has 0 aliphatic carbocycles. The highest BCUT2D eigenvalue weighted by atomic mass is 32.2. The van der Waals surface area contributed by atoms with E-state index in [9.17, 15) is 33.1 Å². The molecule has 0 radical (unpaired) electrons. The molecule has 0 unspecified atom stereocenters. The third kappa shape index (κ3) is 3.57. The van der Waals surface area contributed by atoms with E-state index in [1.165, 1.54) is 0 Å². The summed E-state index contributed by atoms with van der Waals surface area (Å²) < 4.78 is 31.5. The van der Waals surface area contributed by atoms with Gasteiger partial charge in [0.05, 0.1) is 17.2 Å². The zero-order valence-electron chi connectivity index (χ0n) is 14.4. The van der Waals surface area contributed by atoms with Crippen LogP contribution in [0.5, 0.6) is 0 Å². The number of ether oxygens (including phenoxy) is 1. The maximum Gasteiger partial charge on any atom is 0.302 e. The molecule has 148 valence electrons. The minimum Gasteiger partial charge on any atom is -0.543 e. The molecule has 0 saturated carbocycles. The third-order valence-electron chi connectivity index (χ3n) is 4.15. The number of thioether (sulfide) groups is 1. The van der Waals surface area contributed by atoms with Crippen molar-refractivity contribution in [2.24, 2.45) is 0 Å². The van der Waals surface area contributed by atoms with E-state index in [-0.39, 0.29) is 17.9 Å². The molecule has 1 fully saturated rings. The SMILES string of the molecule is CC(=O)OCC1=C(C(=O)[O-])N2C(=O)[C@H](NC(=O)c3ccc(F)cc3F)[C@@H]2SC1. The van der Waals surface area contributed by atoms with Gasteiger partial charge in [-0.2, -0.15) is 0 Å². The van der Waals surface area contributed by atoms with Crippen LogP contribution >= 0.6 is 11.8 Å². The van der Waals surface area contributed by atoms with E-state index in [0.29, 0.717) is 6.07 Å². The normalized spacial score (nSPS) is 21.0. The van der Waals surface area contributed by atoms with Crippen LogP contribution in [0.25, 0.3) is 0 Å². The summed E-state index contributed by atoms with van der Waals surface area (Å²) in [4.78, 5) is 48.0. The van der Waals surface area contributed by atoms with Crippen LogP contribution < -0.4 is 10.4 Å². The molecule has 2 aliphatic heterocycles. The maximum atomic E-state index is 13.7. The number of aliphatic carboxylic acids is 1. The van der Waals surface area contributed by atoms with E-state index in [4.69, 9.17) is 4.74 Å². The number of halogens is 2. The maximum absolute atomic E-state index is 13.7. The summed E-state index contributed by atoms with van der Waals surface area (Å²) in [6, 6.07) is 1.29. The molecule has 2 amide bonds. The van der Waals surface area contributed by atoms with Crippen LogP contribution in [0, 0.1) is 11.6 Å². The van der Waals surface area contributed by atoms with Gasteiger partial charge in [0, 0.05) is 24.3 Å². The number of esters is 1. The summed E-state index contributed by atoms with van der Waals surface area (Å²) in [5.74, 6) is -5.70.